The van der Waals surface area contributed by atoms with Gasteiger partial charge in [0.25, 0.3) is 0 Å². The van der Waals surface area contributed by atoms with Gasteiger partial charge in [0.15, 0.2) is 6.29 Å². The third-order valence-corrected chi connectivity index (χ3v) is 8.91. The van der Waals surface area contributed by atoms with Crippen LogP contribution in [0.1, 0.15) is 36.0 Å². The summed E-state index contributed by atoms with van der Waals surface area (Å²) < 4.78 is 19.0. The molecular weight excluding hydrogens is 596 g/mol. The second-order valence-electron chi connectivity index (χ2n) is 11.1. The largest absolute Gasteiger partial charge is 0.457 e. The van der Waals surface area contributed by atoms with E-state index in [9.17, 15) is 9.90 Å². The van der Waals surface area contributed by atoms with Gasteiger partial charge in [0.05, 0.1) is 18.8 Å². The maximum absolute atomic E-state index is 12.7. The number of hydrogen-bond acceptors (Lipinski definition) is 6. The van der Waals surface area contributed by atoms with Crippen molar-refractivity contribution in [3.05, 3.63) is 150 Å². The summed E-state index contributed by atoms with van der Waals surface area (Å²) in [5, 5.41) is 15.3. The van der Waals surface area contributed by atoms with Crippen molar-refractivity contribution in [3.8, 4) is 11.5 Å². The third kappa shape index (κ3) is 8.16. The predicted molar refractivity (Wildman–Crippen MR) is 182 cm³/mol. The highest BCUT2D eigenvalue weighted by Crippen LogP contribution is 2.43. The summed E-state index contributed by atoms with van der Waals surface area (Å²) in [7, 11) is 0. The Morgan fingerprint density at radius 1 is 0.717 bits per heavy atom. The van der Waals surface area contributed by atoms with Crippen LogP contribution >= 0.6 is 11.8 Å². The topological polar surface area (TPSA) is 89.1 Å². The first-order valence-electron chi connectivity index (χ1n) is 15.2. The molecule has 1 aliphatic heterocycles. The zero-order valence-electron chi connectivity index (χ0n) is 25.4. The van der Waals surface area contributed by atoms with E-state index in [1.807, 2.05) is 109 Å². The Kier molecular flexibility index (Phi) is 10.3. The lowest BCUT2D eigenvalue weighted by Gasteiger charge is -2.41. The van der Waals surface area contributed by atoms with E-state index in [0.717, 1.165) is 28.2 Å². The highest BCUT2D eigenvalue weighted by Gasteiger charge is 2.38. The molecule has 5 aromatic rings. The van der Waals surface area contributed by atoms with E-state index in [2.05, 4.69) is 29.7 Å². The van der Waals surface area contributed by atoms with Gasteiger partial charge >= 0.3 is 6.03 Å². The molecule has 1 fully saturated rings. The van der Waals surface area contributed by atoms with E-state index < -0.39 is 6.29 Å². The second kappa shape index (κ2) is 15.1. The molecule has 8 heteroatoms. The highest BCUT2D eigenvalue weighted by molar-refractivity contribution is 7.99. The predicted octanol–water partition coefficient (Wildman–Crippen LogP) is 9.20. The molecule has 7 nitrogen and oxygen atoms in total. The van der Waals surface area contributed by atoms with Gasteiger partial charge in [-0.3, -0.25) is 0 Å². The van der Waals surface area contributed by atoms with Crippen LogP contribution in [0.15, 0.2) is 138 Å². The number of carbonyl (C=O) groups excluding carboxylic acids is 1. The summed E-state index contributed by atoms with van der Waals surface area (Å²) in [6.07, 6.45) is -0.847. The quantitative estimate of drug-likeness (QED) is 0.133. The van der Waals surface area contributed by atoms with E-state index in [4.69, 9.17) is 14.2 Å². The van der Waals surface area contributed by atoms with Gasteiger partial charge < -0.3 is 30.0 Å². The Labute approximate surface area is 273 Å². The molecule has 3 N–H and O–H groups in total. The van der Waals surface area contributed by atoms with Crippen molar-refractivity contribution in [3.63, 3.8) is 0 Å². The van der Waals surface area contributed by atoms with E-state index in [0.29, 0.717) is 17.1 Å². The number of amides is 2. The number of rotatable bonds is 10. The summed E-state index contributed by atoms with van der Waals surface area (Å²) in [5.74, 6) is 2.29. The van der Waals surface area contributed by atoms with E-state index in [1.165, 1.54) is 4.90 Å². The summed E-state index contributed by atoms with van der Waals surface area (Å²) in [4.78, 5) is 13.9. The van der Waals surface area contributed by atoms with Crippen molar-refractivity contribution in [2.24, 2.45) is 5.92 Å². The summed E-state index contributed by atoms with van der Waals surface area (Å²) in [6.45, 7) is 2.16. The zero-order chi connectivity index (χ0) is 31.7. The number of anilines is 2. The Balaban J connectivity index is 1.10. The highest BCUT2D eigenvalue weighted by atomic mass is 32.2. The van der Waals surface area contributed by atoms with Crippen LogP contribution in [0, 0.1) is 5.92 Å². The molecule has 0 bridgehead atoms. The number of ether oxygens (including phenoxy) is 3. The standard InChI is InChI=1S/C38H36N2O5S/c1-26-35(25-46-34-10-6-3-7-11-34)44-37(45-36(26)28-14-12-27(24-41)13-15-28)29-16-18-30(19-17-29)39-38(42)40-31-20-22-33(23-21-31)43-32-8-4-2-5-9-32/h2-23,26,35-37,41H,24-25H2,1H3,(H2,39,40,42)/t26-,35+,36+,37+/m1/s1. The van der Waals surface area contributed by atoms with Gasteiger partial charge in [-0.15, -0.1) is 11.8 Å². The van der Waals surface area contributed by atoms with Gasteiger partial charge in [0.2, 0.25) is 0 Å². The van der Waals surface area contributed by atoms with Gasteiger partial charge in [-0.2, -0.15) is 0 Å². The molecule has 6 rings (SSSR count). The van der Waals surface area contributed by atoms with Crippen LogP contribution in [0.2, 0.25) is 0 Å². The van der Waals surface area contributed by atoms with E-state index in [1.54, 1.807) is 23.9 Å². The lowest BCUT2D eigenvalue weighted by molar-refractivity contribution is -0.268. The maximum atomic E-state index is 12.7. The van der Waals surface area contributed by atoms with Crippen LogP contribution < -0.4 is 15.4 Å². The number of aliphatic hydroxyl groups is 1. The number of carbonyl (C=O) groups is 1. The lowest BCUT2D eigenvalue weighted by atomic mass is 9.91. The van der Waals surface area contributed by atoms with Crippen LogP contribution in [0.3, 0.4) is 0 Å². The van der Waals surface area contributed by atoms with Crippen molar-refractivity contribution in [2.75, 3.05) is 16.4 Å². The monoisotopic (exact) mass is 632 g/mol. The molecule has 0 aliphatic carbocycles. The lowest BCUT2D eigenvalue weighted by Crippen LogP contribution is -2.38. The summed E-state index contributed by atoms with van der Waals surface area (Å²) >= 11 is 1.77. The number of nitrogens with one attached hydrogen (secondary N) is 2. The molecule has 0 spiro atoms. The van der Waals surface area contributed by atoms with Crippen molar-refractivity contribution in [2.45, 2.75) is 36.9 Å². The van der Waals surface area contributed by atoms with Gasteiger partial charge in [0.1, 0.15) is 11.5 Å². The molecule has 4 atom stereocenters. The third-order valence-electron chi connectivity index (χ3n) is 7.81. The first kappa shape index (κ1) is 31.4. The smallest absolute Gasteiger partial charge is 0.323 e. The molecule has 1 saturated heterocycles. The Morgan fingerprint density at radius 2 is 1.28 bits per heavy atom. The first-order chi connectivity index (χ1) is 22.5. The molecular formula is C38H36N2O5S. The number of thioether (sulfide) groups is 1. The number of para-hydroxylation sites is 1. The SMILES string of the molecule is C[C@@H]1[C@H](CSc2ccccc2)O[C@H](c2ccc(NC(=O)Nc3ccc(Oc4ccccc4)cc3)cc2)O[C@@H]1c1ccc(CO)cc1. The van der Waals surface area contributed by atoms with Crippen molar-refractivity contribution in [1.29, 1.82) is 0 Å². The number of urea groups is 1. The van der Waals surface area contributed by atoms with E-state index >= 15 is 0 Å². The van der Waals surface area contributed by atoms with Crippen LogP contribution in [0.4, 0.5) is 16.2 Å². The molecule has 1 heterocycles. The van der Waals surface area contributed by atoms with Crippen LogP contribution in [0.5, 0.6) is 11.5 Å². The minimum atomic E-state index is -0.584. The van der Waals surface area contributed by atoms with Crippen LogP contribution in [-0.2, 0) is 16.1 Å². The average molecular weight is 633 g/mol. The summed E-state index contributed by atoms with van der Waals surface area (Å²) in [6, 6.07) is 42.1. The molecule has 2 amide bonds. The van der Waals surface area contributed by atoms with Crippen molar-refractivity contribution in [1.82, 2.24) is 0 Å². The minimum absolute atomic E-state index is 0.00215. The molecule has 1 aliphatic rings. The Morgan fingerprint density at radius 3 is 1.91 bits per heavy atom. The van der Waals surface area contributed by atoms with Gasteiger partial charge in [-0.1, -0.05) is 79.7 Å². The number of hydrogen-bond donors (Lipinski definition) is 3. The number of aliphatic hydroxyl groups excluding tert-OH is 1. The van der Waals surface area contributed by atoms with Crippen LogP contribution in [0.25, 0.3) is 0 Å². The fourth-order valence-corrected chi connectivity index (χ4v) is 6.34. The minimum Gasteiger partial charge on any atom is -0.457 e. The molecule has 234 valence electrons. The molecule has 5 aromatic carbocycles. The normalized spacial score (nSPS) is 19.3. The van der Waals surface area contributed by atoms with E-state index in [-0.39, 0.29) is 30.8 Å². The van der Waals surface area contributed by atoms with Crippen molar-refractivity contribution >= 4 is 29.2 Å². The zero-order valence-corrected chi connectivity index (χ0v) is 26.2. The first-order valence-corrected chi connectivity index (χ1v) is 16.2. The maximum Gasteiger partial charge on any atom is 0.323 e. The second-order valence-corrected chi connectivity index (χ2v) is 12.2. The summed E-state index contributed by atoms with van der Waals surface area (Å²) in [5.41, 5.74) is 4.05. The van der Waals surface area contributed by atoms with Crippen LogP contribution in [-0.4, -0.2) is 23.0 Å². The Hall–Kier alpha value is -4.60. The fourth-order valence-electron chi connectivity index (χ4n) is 5.25. The van der Waals surface area contributed by atoms with Crippen molar-refractivity contribution < 1.29 is 24.1 Å². The molecule has 0 aromatic heterocycles. The van der Waals surface area contributed by atoms with Gasteiger partial charge in [-0.05, 0) is 71.8 Å². The average Bonchev–Trinajstić information content (AvgIpc) is 3.10. The molecule has 0 saturated carbocycles. The van der Waals surface area contributed by atoms with Gasteiger partial charge in [0, 0.05) is 33.5 Å². The fraction of sp³-hybridized carbons (Fsp3) is 0.184. The molecule has 0 unspecified atom stereocenters. The Bertz CT molecular complexity index is 1680. The molecule has 46 heavy (non-hydrogen) atoms. The molecule has 0 radical (unpaired) electrons. The number of benzene rings is 5. The van der Waals surface area contributed by atoms with Gasteiger partial charge in [-0.25, -0.2) is 4.79 Å².